The predicted molar refractivity (Wildman–Crippen MR) is 112 cm³/mol. The predicted octanol–water partition coefficient (Wildman–Crippen LogP) is 1.88. The molecule has 12 nitrogen and oxygen atoms in total. The number of nitro groups is 1. The van der Waals surface area contributed by atoms with Gasteiger partial charge in [-0.3, -0.25) is 19.6 Å². The molecule has 0 aliphatic carbocycles. The molecule has 2 aromatic rings. The standard InChI is InChI=1S/C19H21N5O7S/c1-4-30-18(26)15-12(20-19(27)21-16(15)13-6-5-7-32-13)9-31-14(25)8-23-11(3)17(24(28)29)10(2)22-23/h5-7,16H,4,8-9H2,1-3H3,(H2,20,21,27)/t16-/m1/s1. The first-order valence-corrected chi connectivity index (χ1v) is 10.5. The first-order valence-electron chi connectivity index (χ1n) is 9.58. The molecule has 0 bridgehead atoms. The molecular weight excluding hydrogens is 442 g/mol. The summed E-state index contributed by atoms with van der Waals surface area (Å²) in [7, 11) is 0. The fourth-order valence-corrected chi connectivity index (χ4v) is 4.06. The van der Waals surface area contributed by atoms with Crippen LogP contribution >= 0.6 is 11.3 Å². The van der Waals surface area contributed by atoms with Crippen LogP contribution in [0.2, 0.25) is 0 Å². The van der Waals surface area contributed by atoms with E-state index in [-0.39, 0.29) is 41.5 Å². The minimum atomic E-state index is -0.754. The summed E-state index contributed by atoms with van der Waals surface area (Å²) >= 11 is 1.35. The first kappa shape index (κ1) is 22.9. The summed E-state index contributed by atoms with van der Waals surface area (Å²) in [5.74, 6) is -1.40. The van der Waals surface area contributed by atoms with E-state index in [1.54, 1.807) is 24.4 Å². The van der Waals surface area contributed by atoms with Crippen LogP contribution in [0.3, 0.4) is 0 Å². The van der Waals surface area contributed by atoms with Gasteiger partial charge in [0, 0.05) is 4.88 Å². The number of carbonyl (C=O) groups is 3. The molecule has 170 valence electrons. The number of aryl methyl sites for hydroxylation is 1. The number of thiophene rings is 1. The highest BCUT2D eigenvalue weighted by molar-refractivity contribution is 7.10. The Bertz CT molecular complexity index is 1090. The number of nitrogens with one attached hydrogen (secondary N) is 2. The van der Waals surface area contributed by atoms with Crippen molar-refractivity contribution in [1.29, 1.82) is 0 Å². The molecule has 2 amide bonds. The Morgan fingerprint density at radius 2 is 2.09 bits per heavy atom. The van der Waals surface area contributed by atoms with Gasteiger partial charge in [0.05, 0.1) is 28.8 Å². The Balaban J connectivity index is 1.81. The highest BCUT2D eigenvalue weighted by atomic mass is 32.1. The van der Waals surface area contributed by atoms with Crippen LogP contribution in [-0.4, -0.2) is 45.9 Å². The second kappa shape index (κ2) is 9.60. The Labute approximate surface area is 186 Å². The first-order chi connectivity index (χ1) is 15.2. The van der Waals surface area contributed by atoms with E-state index in [1.165, 1.54) is 29.9 Å². The molecule has 3 rings (SSSR count). The highest BCUT2D eigenvalue weighted by Crippen LogP contribution is 2.30. The molecular formula is C19H21N5O7S. The van der Waals surface area contributed by atoms with Crippen LogP contribution in [0.5, 0.6) is 0 Å². The van der Waals surface area contributed by atoms with E-state index in [0.29, 0.717) is 4.88 Å². The van der Waals surface area contributed by atoms with Crippen molar-refractivity contribution in [2.45, 2.75) is 33.4 Å². The van der Waals surface area contributed by atoms with E-state index >= 15 is 0 Å². The molecule has 1 atom stereocenters. The van der Waals surface area contributed by atoms with E-state index in [2.05, 4.69) is 15.7 Å². The van der Waals surface area contributed by atoms with Crippen molar-refractivity contribution in [1.82, 2.24) is 20.4 Å². The van der Waals surface area contributed by atoms with Gasteiger partial charge in [0.25, 0.3) is 0 Å². The molecule has 32 heavy (non-hydrogen) atoms. The molecule has 1 aliphatic heterocycles. The smallest absolute Gasteiger partial charge is 0.338 e. The third-order valence-electron chi connectivity index (χ3n) is 4.66. The third-order valence-corrected chi connectivity index (χ3v) is 5.60. The zero-order chi connectivity index (χ0) is 23.4. The summed E-state index contributed by atoms with van der Waals surface area (Å²) in [6.07, 6.45) is 0. The lowest BCUT2D eigenvalue weighted by Crippen LogP contribution is -2.47. The van der Waals surface area contributed by atoms with Crippen LogP contribution in [0.15, 0.2) is 28.8 Å². The number of aromatic nitrogens is 2. The van der Waals surface area contributed by atoms with Crippen molar-refractivity contribution in [3.05, 3.63) is 55.2 Å². The summed E-state index contributed by atoms with van der Waals surface area (Å²) in [4.78, 5) is 48.4. The van der Waals surface area contributed by atoms with Gasteiger partial charge in [-0.05, 0) is 32.2 Å². The van der Waals surface area contributed by atoms with Crippen LogP contribution in [0, 0.1) is 24.0 Å². The average Bonchev–Trinajstić information content (AvgIpc) is 3.34. The Kier molecular flexibility index (Phi) is 6.88. The Morgan fingerprint density at radius 1 is 1.34 bits per heavy atom. The molecule has 2 N–H and O–H groups in total. The number of ether oxygens (including phenoxy) is 2. The second-order valence-electron chi connectivity index (χ2n) is 6.75. The molecule has 0 radical (unpaired) electrons. The van der Waals surface area contributed by atoms with E-state index < -0.39 is 35.5 Å². The largest absolute Gasteiger partial charge is 0.463 e. The summed E-state index contributed by atoms with van der Waals surface area (Å²) in [5.41, 5.74) is 0.442. The molecule has 2 aromatic heterocycles. The molecule has 0 fully saturated rings. The lowest BCUT2D eigenvalue weighted by Gasteiger charge is -2.28. The number of amides is 2. The molecule has 0 aromatic carbocycles. The minimum absolute atomic E-state index is 0.0956. The van der Waals surface area contributed by atoms with Crippen LogP contribution < -0.4 is 10.6 Å². The van der Waals surface area contributed by atoms with Crippen LogP contribution in [0.25, 0.3) is 0 Å². The number of esters is 2. The molecule has 0 saturated carbocycles. The van der Waals surface area contributed by atoms with Crippen molar-refractivity contribution >= 4 is 35.0 Å². The molecule has 0 saturated heterocycles. The van der Waals surface area contributed by atoms with Crippen LogP contribution in [0.4, 0.5) is 10.5 Å². The van der Waals surface area contributed by atoms with Crippen molar-refractivity contribution in [3.8, 4) is 0 Å². The maximum absolute atomic E-state index is 12.6. The van der Waals surface area contributed by atoms with Gasteiger partial charge in [-0.25, -0.2) is 9.59 Å². The van der Waals surface area contributed by atoms with Crippen molar-refractivity contribution < 1.29 is 28.8 Å². The van der Waals surface area contributed by atoms with Crippen molar-refractivity contribution in [3.63, 3.8) is 0 Å². The topological polar surface area (TPSA) is 155 Å². The van der Waals surface area contributed by atoms with Gasteiger partial charge >= 0.3 is 23.7 Å². The number of hydrogen-bond acceptors (Lipinski definition) is 9. The molecule has 13 heteroatoms. The van der Waals surface area contributed by atoms with Crippen molar-refractivity contribution in [2.24, 2.45) is 0 Å². The van der Waals surface area contributed by atoms with Crippen molar-refractivity contribution in [2.75, 3.05) is 13.2 Å². The van der Waals surface area contributed by atoms with E-state index in [4.69, 9.17) is 9.47 Å². The van der Waals surface area contributed by atoms with Gasteiger partial charge in [0.15, 0.2) is 0 Å². The van der Waals surface area contributed by atoms with Gasteiger partial charge in [0.1, 0.15) is 24.5 Å². The van der Waals surface area contributed by atoms with Gasteiger partial charge in [0.2, 0.25) is 0 Å². The molecule has 0 spiro atoms. The Hall–Kier alpha value is -3.74. The minimum Gasteiger partial charge on any atom is -0.463 e. The fraction of sp³-hybridized carbons (Fsp3) is 0.368. The number of nitrogens with zero attached hydrogens (tertiary/aromatic N) is 3. The van der Waals surface area contributed by atoms with E-state index in [1.807, 2.05) is 0 Å². The average molecular weight is 463 g/mol. The normalized spacial score (nSPS) is 15.7. The lowest BCUT2D eigenvalue weighted by molar-refractivity contribution is -0.386. The van der Waals surface area contributed by atoms with Gasteiger partial charge < -0.3 is 20.1 Å². The van der Waals surface area contributed by atoms with Gasteiger partial charge in [-0.15, -0.1) is 11.3 Å². The lowest BCUT2D eigenvalue weighted by atomic mass is 10.0. The summed E-state index contributed by atoms with van der Waals surface area (Å²) < 4.78 is 11.6. The Morgan fingerprint density at radius 3 is 2.69 bits per heavy atom. The number of carbonyl (C=O) groups excluding carboxylic acids is 3. The monoisotopic (exact) mass is 463 g/mol. The second-order valence-corrected chi connectivity index (χ2v) is 7.73. The summed E-state index contributed by atoms with van der Waals surface area (Å²) in [6.45, 7) is 3.95. The van der Waals surface area contributed by atoms with E-state index in [9.17, 15) is 24.5 Å². The number of hydrogen-bond donors (Lipinski definition) is 2. The fourth-order valence-electron chi connectivity index (χ4n) is 3.28. The summed E-state index contributed by atoms with van der Waals surface area (Å²) in [5, 5.41) is 22.1. The quantitative estimate of drug-likeness (QED) is 0.342. The number of urea groups is 1. The number of rotatable bonds is 8. The third kappa shape index (κ3) is 4.77. The van der Waals surface area contributed by atoms with Gasteiger partial charge in [-0.2, -0.15) is 5.10 Å². The van der Waals surface area contributed by atoms with E-state index in [0.717, 1.165) is 0 Å². The maximum atomic E-state index is 12.6. The highest BCUT2D eigenvalue weighted by Gasteiger charge is 2.35. The SMILES string of the molecule is CCOC(=O)C1=C(COC(=O)Cn2nc(C)c([N+](=O)[O-])c2C)NC(=O)N[C@@H]1c1cccs1. The summed E-state index contributed by atoms with van der Waals surface area (Å²) in [6, 6.07) is 2.23. The zero-order valence-electron chi connectivity index (χ0n) is 17.5. The van der Waals surface area contributed by atoms with Crippen LogP contribution in [0.1, 0.15) is 29.2 Å². The maximum Gasteiger partial charge on any atom is 0.338 e. The van der Waals surface area contributed by atoms with Crippen LogP contribution in [-0.2, 0) is 25.6 Å². The molecule has 1 aliphatic rings. The van der Waals surface area contributed by atoms with Gasteiger partial charge in [-0.1, -0.05) is 6.07 Å². The molecule has 3 heterocycles. The molecule has 0 unspecified atom stereocenters. The zero-order valence-corrected chi connectivity index (χ0v) is 18.4.